The molecule has 1 unspecified atom stereocenters. The first-order chi connectivity index (χ1) is 15.4. The standard InChI is InChI=1S/C18H24F3N5O7/c1-3-10-13(29)14(32-8-12(28)22-5-6-23-16(30)18(19,20)21)15(33-10)26-7-4-11(24-9(2)27)25-17(26)31/h4,7,10,13-15,29H,3,5-6,8H2,1-2H3,(H,22,28)(H,23,30)(H,24,25,27,31)/t10-,13?,14+,15-/m1/s1. The van der Waals surface area contributed by atoms with Gasteiger partial charge in [-0.05, 0) is 12.5 Å². The number of alkyl halides is 3. The number of rotatable bonds is 9. The lowest BCUT2D eigenvalue weighted by Crippen LogP contribution is -2.43. The summed E-state index contributed by atoms with van der Waals surface area (Å²) < 4.78 is 48.5. The average molecular weight is 479 g/mol. The monoisotopic (exact) mass is 479 g/mol. The predicted molar refractivity (Wildman–Crippen MR) is 105 cm³/mol. The van der Waals surface area contributed by atoms with Gasteiger partial charge in [-0.25, -0.2) is 4.79 Å². The molecule has 15 heteroatoms. The molecule has 0 radical (unpaired) electrons. The van der Waals surface area contributed by atoms with Gasteiger partial charge in [0, 0.05) is 26.2 Å². The van der Waals surface area contributed by atoms with E-state index in [2.05, 4.69) is 15.6 Å². The number of ether oxygens (including phenoxy) is 2. The molecule has 3 amide bonds. The number of aliphatic hydroxyl groups is 1. The maximum Gasteiger partial charge on any atom is 0.471 e. The minimum absolute atomic E-state index is 0.0174. The van der Waals surface area contributed by atoms with Crippen molar-refractivity contribution in [3.63, 3.8) is 0 Å². The van der Waals surface area contributed by atoms with Gasteiger partial charge in [0.05, 0.1) is 6.10 Å². The first kappa shape index (κ1) is 26.2. The van der Waals surface area contributed by atoms with E-state index in [1.165, 1.54) is 19.2 Å². The van der Waals surface area contributed by atoms with Crippen molar-refractivity contribution in [2.24, 2.45) is 0 Å². The van der Waals surface area contributed by atoms with Crippen LogP contribution in [0, 0.1) is 0 Å². The molecule has 1 aliphatic rings. The van der Waals surface area contributed by atoms with Crippen molar-refractivity contribution in [2.45, 2.75) is 51.0 Å². The molecule has 33 heavy (non-hydrogen) atoms. The third-order valence-electron chi connectivity index (χ3n) is 4.52. The second-order valence-electron chi connectivity index (χ2n) is 7.03. The van der Waals surface area contributed by atoms with Crippen LogP contribution in [0.5, 0.6) is 0 Å². The summed E-state index contributed by atoms with van der Waals surface area (Å²) >= 11 is 0. The van der Waals surface area contributed by atoms with Crippen molar-refractivity contribution >= 4 is 23.5 Å². The number of aromatic nitrogens is 2. The smallest absolute Gasteiger partial charge is 0.388 e. The molecular weight excluding hydrogens is 455 g/mol. The SMILES string of the molecule is CC[C@H]1O[C@@H](n2ccc(NC(C)=O)nc2=O)[C@@H](OCC(=O)NCCNC(=O)C(F)(F)F)C1O. The Morgan fingerprint density at radius 2 is 1.94 bits per heavy atom. The zero-order valence-corrected chi connectivity index (χ0v) is 17.7. The Hall–Kier alpha value is -3.04. The summed E-state index contributed by atoms with van der Waals surface area (Å²) in [4.78, 5) is 49.9. The Morgan fingerprint density at radius 1 is 1.27 bits per heavy atom. The predicted octanol–water partition coefficient (Wildman–Crippen LogP) is -0.950. The highest BCUT2D eigenvalue weighted by Gasteiger charge is 2.45. The molecule has 1 saturated heterocycles. The Kier molecular flexibility index (Phi) is 8.90. The maximum absolute atomic E-state index is 12.4. The van der Waals surface area contributed by atoms with E-state index in [1.807, 2.05) is 0 Å². The molecule has 0 spiro atoms. The van der Waals surface area contributed by atoms with Crippen LogP contribution in [0.2, 0.25) is 0 Å². The number of amides is 3. The Morgan fingerprint density at radius 3 is 2.52 bits per heavy atom. The van der Waals surface area contributed by atoms with Crippen molar-refractivity contribution in [3.8, 4) is 0 Å². The number of carbonyl (C=O) groups is 3. The van der Waals surface area contributed by atoms with Crippen molar-refractivity contribution in [2.75, 3.05) is 25.0 Å². The van der Waals surface area contributed by atoms with Gasteiger partial charge in [-0.2, -0.15) is 18.2 Å². The fraction of sp³-hybridized carbons (Fsp3) is 0.611. The van der Waals surface area contributed by atoms with E-state index in [0.717, 1.165) is 4.57 Å². The van der Waals surface area contributed by atoms with Gasteiger partial charge in [0.15, 0.2) is 6.23 Å². The molecule has 1 aliphatic heterocycles. The highest BCUT2D eigenvalue weighted by Crippen LogP contribution is 2.32. The van der Waals surface area contributed by atoms with E-state index in [9.17, 15) is 37.5 Å². The first-order valence-corrected chi connectivity index (χ1v) is 9.87. The van der Waals surface area contributed by atoms with E-state index in [1.54, 1.807) is 12.2 Å². The topological polar surface area (TPSA) is 161 Å². The summed E-state index contributed by atoms with van der Waals surface area (Å²) in [5, 5.41) is 16.7. The highest BCUT2D eigenvalue weighted by atomic mass is 19.4. The second kappa shape index (κ2) is 11.2. The van der Waals surface area contributed by atoms with Crippen LogP contribution >= 0.6 is 0 Å². The number of hydrogen-bond donors (Lipinski definition) is 4. The Bertz CT molecular complexity index is 923. The van der Waals surface area contributed by atoms with Crippen molar-refractivity contribution in [1.29, 1.82) is 0 Å². The molecule has 4 N–H and O–H groups in total. The van der Waals surface area contributed by atoms with Crippen LogP contribution in [0.25, 0.3) is 0 Å². The van der Waals surface area contributed by atoms with E-state index >= 15 is 0 Å². The first-order valence-electron chi connectivity index (χ1n) is 9.87. The zero-order chi connectivity index (χ0) is 24.8. The largest absolute Gasteiger partial charge is 0.471 e. The number of carbonyl (C=O) groups excluding carboxylic acids is 3. The molecule has 1 aromatic rings. The number of anilines is 1. The van der Waals surface area contributed by atoms with Crippen LogP contribution in [-0.2, 0) is 23.9 Å². The molecule has 2 heterocycles. The fourth-order valence-corrected chi connectivity index (χ4v) is 3.02. The van der Waals surface area contributed by atoms with Crippen LogP contribution in [0.1, 0.15) is 26.5 Å². The molecule has 0 aliphatic carbocycles. The molecule has 0 aromatic carbocycles. The van der Waals surface area contributed by atoms with Gasteiger partial charge in [-0.1, -0.05) is 6.92 Å². The summed E-state index contributed by atoms with van der Waals surface area (Å²) in [6, 6.07) is 1.34. The zero-order valence-electron chi connectivity index (χ0n) is 17.7. The highest BCUT2D eigenvalue weighted by molar-refractivity contribution is 5.87. The van der Waals surface area contributed by atoms with E-state index in [4.69, 9.17) is 9.47 Å². The van der Waals surface area contributed by atoms with Crippen LogP contribution in [0.3, 0.4) is 0 Å². The van der Waals surface area contributed by atoms with Gasteiger partial charge in [-0.3, -0.25) is 19.0 Å². The Balaban J connectivity index is 1.97. The fourth-order valence-electron chi connectivity index (χ4n) is 3.02. The van der Waals surface area contributed by atoms with E-state index in [0.29, 0.717) is 6.42 Å². The normalized spacial score (nSPS) is 22.6. The molecule has 184 valence electrons. The molecule has 4 atom stereocenters. The van der Waals surface area contributed by atoms with Gasteiger partial charge in [-0.15, -0.1) is 0 Å². The van der Waals surface area contributed by atoms with E-state index in [-0.39, 0.29) is 12.4 Å². The molecule has 12 nitrogen and oxygen atoms in total. The van der Waals surface area contributed by atoms with Gasteiger partial charge in [0.25, 0.3) is 0 Å². The van der Waals surface area contributed by atoms with Crippen molar-refractivity contribution < 1.29 is 42.1 Å². The summed E-state index contributed by atoms with van der Waals surface area (Å²) in [6.45, 7) is 1.63. The molecule has 0 saturated carbocycles. The lowest BCUT2D eigenvalue weighted by Gasteiger charge is -2.22. The van der Waals surface area contributed by atoms with Crippen LogP contribution in [0.4, 0.5) is 19.0 Å². The Labute approximate surface area is 185 Å². The van der Waals surface area contributed by atoms with Gasteiger partial charge < -0.3 is 30.5 Å². The summed E-state index contributed by atoms with van der Waals surface area (Å²) in [7, 11) is 0. The molecule has 0 bridgehead atoms. The number of halogens is 3. The number of aliphatic hydroxyl groups excluding tert-OH is 1. The number of nitrogens with zero attached hydrogens (tertiary/aromatic N) is 2. The number of nitrogens with one attached hydrogen (secondary N) is 3. The molecule has 1 fully saturated rings. The molecule has 1 aromatic heterocycles. The minimum Gasteiger partial charge on any atom is -0.388 e. The van der Waals surface area contributed by atoms with E-state index < -0.39 is 67.3 Å². The van der Waals surface area contributed by atoms with Gasteiger partial charge in [0.1, 0.15) is 24.6 Å². The van der Waals surface area contributed by atoms with Gasteiger partial charge in [0.2, 0.25) is 11.8 Å². The van der Waals surface area contributed by atoms with Crippen molar-refractivity contribution in [1.82, 2.24) is 20.2 Å². The second-order valence-corrected chi connectivity index (χ2v) is 7.03. The lowest BCUT2D eigenvalue weighted by molar-refractivity contribution is -0.173. The van der Waals surface area contributed by atoms with Crippen LogP contribution in [-0.4, -0.2) is 76.6 Å². The third-order valence-corrected chi connectivity index (χ3v) is 4.52. The summed E-state index contributed by atoms with van der Waals surface area (Å²) in [5.74, 6) is -3.27. The molecule has 2 rings (SSSR count). The van der Waals surface area contributed by atoms with Gasteiger partial charge >= 0.3 is 17.8 Å². The average Bonchev–Trinajstić information content (AvgIpc) is 3.03. The van der Waals surface area contributed by atoms with Crippen LogP contribution in [0.15, 0.2) is 17.1 Å². The quantitative estimate of drug-likeness (QED) is 0.330. The number of hydrogen-bond acceptors (Lipinski definition) is 8. The minimum atomic E-state index is -5.02. The third kappa shape index (κ3) is 7.23. The summed E-state index contributed by atoms with van der Waals surface area (Å²) in [5.41, 5.74) is -0.798. The lowest BCUT2D eigenvalue weighted by atomic mass is 10.1. The molecular formula is C18H24F3N5O7. The maximum atomic E-state index is 12.4. The van der Waals surface area contributed by atoms with Crippen molar-refractivity contribution in [3.05, 3.63) is 22.7 Å². The van der Waals surface area contributed by atoms with Crippen LogP contribution < -0.4 is 21.6 Å². The summed E-state index contributed by atoms with van der Waals surface area (Å²) in [6.07, 6.45) is -7.54.